The topological polar surface area (TPSA) is 17.4 Å². The molecular weight excluding hydrogens is 572 g/mol. The van der Waals surface area contributed by atoms with Gasteiger partial charge in [0.2, 0.25) is 0 Å². The van der Waals surface area contributed by atoms with E-state index in [-0.39, 0.29) is 0 Å². The van der Waals surface area contributed by atoms with Crippen LogP contribution in [0.2, 0.25) is 0 Å². The second-order valence-electron chi connectivity index (χ2n) is 12.2. The van der Waals surface area contributed by atoms with Crippen molar-refractivity contribution in [3.8, 4) is 28.3 Å². The number of anilines is 3. The van der Waals surface area contributed by atoms with Gasteiger partial charge in [-0.3, -0.25) is 0 Å². The van der Waals surface area contributed by atoms with Gasteiger partial charge in [0.25, 0.3) is 0 Å². The van der Waals surface area contributed by atoms with Crippen molar-refractivity contribution in [2.24, 2.45) is 0 Å². The molecule has 47 heavy (non-hydrogen) atoms. The molecule has 1 aliphatic heterocycles. The molecule has 1 aliphatic rings. The van der Waals surface area contributed by atoms with Gasteiger partial charge in [0.1, 0.15) is 11.5 Å². The van der Waals surface area contributed by atoms with Crippen molar-refractivity contribution in [2.75, 3.05) is 4.90 Å². The second-order valence-corrected chi connectivity index (χ2v) is 12.2. The summed E-state index contributed by atoms with van der Waals surface area (Å²) in [5.74, 6) is 1.76. The molecule has 8 aromatic carbocycles. The molecule has 0 unspecified atom stereocenters. The summed E-state index contributed by atoms with van der Waals surface area (Å²) in [5, 5.41) is 7.19. The molecule has 2 heterocycles. The largest absolute Gasteiger partial charge is 0.456 e. The standard InChI is InChI=1S/C44H28N2O/c1-2-15-31(16-3-1)46-40-20-7-6-18-35(40)38-27-32(24-26-41(38)46)45(39-21-9-12-29-11-4-5-17-34(29)39)33-23-25-36-37-19-8-13-30-14-10-22-42(44(30)37)47-43(36)28-33/h1-28H. The normalized spacial score (nSPS) is 12.0. The first-order chi connectivity index (χ1) is 23.3. The molecule has 0 aliphatic carbocycles. The third kappa shape index (κ3) is 3.93. The minimum Gasteiger partial charge on any atom is -0.456 e. The molecule has 0 amide bonds. The van der Waals surface area contributed by atoms with Crippen LogP contribution in [0.3, 0.4) is 0 Å². The second kappa shape index (κ2) is 10.1. The van der Waals surface area contributed by atoms with Crippen LogP contribution in [0.1, 0.15) is 0 Å². The van der Waals surface area contributed by atoms with Crippen LogP contribution in [0.4, 0.5) is 17.1 Å². The van der Waals surface area contributed by atoms with Crippen LogP contribution in [0.15, 0.2) is 170 Å². The Balaban J connectivity index is 1.22. The van der Waals surface area contributed by atoms with E-state index in [1.807, 2.05) is 0 Å². The van der Waals surface area contributed by atoms with E-state index in [9.17, 15) is 0 Å². The van der Waals surface area contributed by atoms with Crippen molar-refractivity contribution in [3.05, 3.63) is 170 Å². The minimum atomic E-state index is 0.862. The minimum absolute atomic E-state index is 0.862. The zero-order chi connectivity index (χ0) is 30.9. The number of ether oxygens (including phenoxy) is 1. The Morgan fingerprint density at radius 2 is 1.11 bits per heavy atom. The molecule has 220 valence electrons. The van der Waals surface area contributed by atoms with Crippen molar-refractivity contribution >= 4 is 60.4 Å². The van der Waals surface area contributed by atoms with E-state index in [1.165, 1.54) is 48.9 Å². The van der Waals surface area contributed by atoms with Gasteiger partial charge in [0, 0.05) is 50.2 Å². The Labute approximate surface area is 272 Å². The van der Waals surface area contributed by atoms with E-state index >= 15 is 0 Å². The molecule has 9 aromatic rings. The molecule has 1 aromatic heterocycles. The van der Waals surface area contributed by atoms with Crippen molar-refractivity contribution in [1.82, 2.24) is 4.57 Å². The van der Waals surface area contributed by atoms with Crippen molar-refractivity contribution in [1.29, 1.82) is 0 Å². The van der Waals surface area contributed by atoms with E-state index in [2.05, 4.69) is 179 Å². The zero-order valence-corrected chi connectivity index (χ0v) is 25.5. The number of nitrogens with zero attached hydrogens (tertiary/aromatic N) is 2. The van der Waals surface area contributed by atoms with E-state index in [0.29, 0.717) is 0 Å². The number of aromatic nitrogens is 1. The van der Waals surface area contributed by atoms with Crippen LogP contribution in [-0.4, -0.2) is 4.57 Å². The summed E-state index contributed by atoms with van der Waals surface area (Å²) in [6.45, 7) is 0. The van der Waals surface area contributed by atoms with Gasteiger partial charge in [0.05, 0.1) is 16.7 Å². The predicted molar refractivity (Wildman–Crippen MR) is 196 cm³/mol. The van der Waals surface area contributed by atoms with Gasteiger partial charge in [0.15, 0.2) is 0 Å². The van der Waals surface area contributed by atoms with Crippen molar-refractivity contribution in [2.45, 2.75) is 0 Å². The molecule has 0 fully saturated rings. The van der Waals surface area contributed by atoms with Crippen molar-refractivity contribution in [3.63, 3.8) is 0 Å². The number of hydrogen-bond acceptors (Lipinski definition) is 2. The summed E-state index contributed by atoms with van der Waals surface area (Å²) in [7, 11) is 0. The summed E-state index contributed by atoms with van der Waals surface area (Å²) in [6, 6.07) is 60.8. The highest BCUT2D eigenvalue weighted by Gasteiger charge is 2.23. The van der Waals surface area contributed by atoms with Gasteiger partial charge in [-0.25, -0.2) is 0 Å². The lowest BCUT2D eigenvalue weighted by molar-refractivity contribution is 0.487. The number of rotatable bonds is 4. The smallest absolute Gasteiger partial charge is 0.137 e. The fourth-order valence-electron chi connectivity index (χ4n) is 7.48. The quantitative estimate of drug-likeness (QED) is 0.200. The fourth-order valence-corrected chi connectivity index (χ4v) is 7.48. The van der Waals surface area contributed by atoms with Crippen LogP contribution in [0.5, 0.6) is 11.5 Å². The highest BCUT2D eigenvalue weighted by molar-refractivity contribution is 6.11. The Bertz CT molecular complexity index is 2660. The summed E-state index contributed by atoms with van der Waals surface area (Å²) < 4.78 is 9.01. The summed E-state index contributed by atoms with van der Waals surface area (Å²) in [4.78, 5) is 2.38. The predicted octanol–water partition coefficient (Wildman–Crippen LogP) is 12.3. The Hall–Kier alpha value is -6.32. The van der Waals surface area contributed by atoms with Gasteiger partial charge in [-0.1, -0.05) is 103 Å². The third-order valence-electron chi connectivity index (χ3n) is 9.54. The molecule has 0 atom stereocenters. The lowest BCUT2D eigenvalue weighted by atomic mass is 9.94. The molecule has 0 radical (unpaired) electrons. The van der Waals surface area contributed by atoms with Gasteiger partial charge in [-0.05, 0) is 77.0 Å². The average molecular weight is 601 g/mol. The third-order valence-corrected chi connectivity index (χ3v) is 9.54. The lowest BCUT2D eigenvalue weighted by Crippen LogP contribution is -2.11. The Morgan fingerprint density at radius 1 is 0.426 bits per heavy atom. The number of para-hydroxylation sites is 2. The van der Waals surface area contributed by atoms with E-state index in [0.717, 1.165) is 39.8 Å². The molecule has 0 spiro atoms. The van der Waals surface area contributed by atoms with Crippen LogP contribution >= 0.6 is 0 Å². The first-order valence-electron chi connectivity index (χ1n) is 16.0. The maximum Gasteiger partial charge on any atom is 0.137 e. The van der Waals surface area contributed by atoms with Gasteiger partial charge < -0.3 is 14.2 Å². The summed E-state index contributed by atoms with van der Waals surface area (Å²) >= 11 is 0. The maximum atomic E-state index is 6.65. The van der Waals surface area contributed by atoms with E-state index < -0.39 is 0 Å². The van der Waals surface area contributed by atoms with Crippen LogP contribution < -0.4 is 9.64 Å². The zero-order valence-electron chi connectivity index (χ0n) is 25.5. The molecule has 0 saturated carbocycles. The molecule has 3 nitrogen and oxygen atoms in total. The fraction of sp³-hybridized carbons (Fsp3) is 0. The molecule has 0 N–H and O–H groups in total. The SMILES string of the molecule is c1ccc(-n2c3ccccc3c3cc(N(c4ccc5c(c4)Oc4cccc6cccc-5c46)c4cccc5ccccc45)ccc32)cc1. The molecular formula is C44H28N2O. The first-order valence-corrected chi connectivity index (χ1v) is 16.0. The van der Waals surface area contributed by atoms with Crippen LogP contribution in [0.25, 0.3) is 60.2 Å². The maximum absolute atomic E-state index is 6.65. The first kappa shape index (κ1) is 26.0. The lowest BCUT2D eigenvalue weighted by Gasteiger charge is -2.29. The van der Waals surface area contributed by atoms with Gasteiger partial charge in [-0.15, -0.1) is 0 Å². The molecule has 3 heteroatoms. The molecule has 0 bridgehead atoms. The van der Waals surface area contributed by atoms with Gasteiger partial charge >= 0.3 is 0 Å². The van der Waals surface area contributed by atoms with Crippen molar-refractivity contribution < 1.29 is 4.74 Å². The van der Waals surface area contributed by atoms with Gasteiger partial charge in [-0.2, -0.15) is 0 Å². The molecule has 10 rings (SSSR count). The average Bonchev–Trinajstić information content (AvgIpc) is 3.46. The highest BCUT2D eigenvalue weighted by Crippen LogP contribution is 2.49. The van der Waals surface area contributed by atoms with Crippen LogP contribution in [-0.2, 0) is 0 Å². The Morgan fingerprint density at radius 3 is 2.02 bits per heavy atom. The Kier molecular flexibility index (Phi) is 5.57. The van der Waals surface area contributed by atoms with E-state index in [1.54, 1.807) is 0 Å². The number of benzene rings is 8. The number of hydrogen-bond donors (Lipinski definition) is 0. The highest BCUT2D eigenvalue weighted by atomic mass is 16.5. The van der Waals surface area contributed by atoms with E-state index in [4.69, 9.17) is 4.74 Å². The number of fused-ring (bicyclic) bond motifs is 6. The monoisotopic (exact) mass is 600 g/mol. The molecule has 0 saturated heterocycles. The summed E-state index contributed by atoms with van der Waals surface area (Å²) in [5.41, 5.74) is 9.08. The summed E-state index contributed by atoms with van der Waals surface area (Å²) in [6.07, 6.45) is 0. The van der Waals surface area contributed by atoms with Crippen LogP contribution in [0, 0.1) is 0 Å².